The first-order valence-corrected chi connectivity index (χ1v) is 12.0. The SMILES string of the molecule is CC(NC(=O)CN1C(=O)NC(C)(c2ccc3c(c2)CCC3)C1=O)c1ccc2c(c1)CCCC2. The number of carbonyl (C=O) groups excluding carboxylic acids is 3. The maximum atomic E-state index is 13.3. The van der Waals surface area contributed by atoms with Crippen LogP contribution in [0.1, 0.15) is 72.5 Å². The van der Waals surface area contributed by atoms with E-state index in [0.29, 0.717) is 0 Å². The third-order valence-corrected chi connectivity index (χ3v) is 7.50. The molecule has 2 N–H and O–H groups in total. The van der Waals surface area contributed by atoms with Crippen molar-refractivity contribution in [2.45, 2.75) is 70.4 Å². The number of benzene rings is 2. The smallest absolute Gasteiger partial charge is 0.325 e. The zero-order valence-corrected chi connectivity index (χ0v) is 19.4. The first kappa shape index (κ1) is 21.7. The molecule has 33 heavy (non-hydrogen) atoms. The number of hydrogen-bond acceptors (Lipinski definition) is 3. The molecule has 0 bridgehead atoms. The number of nitrogens with zero attached hydrogens (tertiary/aromatic N) is 1. The summed E-state index contributed by atoms with van der Waals surface area (Å²) in [6.45, 7) is 3.36. The Kier molecular flexibility index (Phi) is 5.47. The van der Waals surface area contributed by atoms with E-state index < -0.39 is 11.6 Å². The molecule has 4 amide bonds. The molecule has 2 aromatic rings. The van der Waals surface area contributed by atoms with Gasteiger partial charge in [-0.05, 0) is 92.2 Å². The van der Waals surface area contributed by atoms with Crippen molar-refractivity contribution >= 4 is 17.8 Å². The van der Waals surface area contributed by atoms with Crippen LogP contribution in [0.15, 0.2) is 36.4 Å². The van der Waals surface area contributed by atoms with E-state index in [0.717, 1.165) is 48.1 Å². The first-order valence-electron chi connectivity index (χ1n) is 12.0. The van der Waals surface area contributed by atoms with Crippen LogP contribution in [0.4, 0.5) is 4.79 Å². The Labute approximate surface area is 194 Å². The van der Waals surface area contributed by atoms with Crippen LogP contribution in [-0.4, -0.2) is 29.3 Å². The molecule has 6 nitrogen and oxygen atoms in total. The molecular formula is C27H31N3O3. The van der Waals surface area contributed by atoms with Gasteiger partial charge in [0, 0.05) is 0 Å². The Hall–Kier alpha value is -3.15. The van der Waals surface area contributed by atoms with Crippen molar-refractivity contribution in [2.24, 2.45) is 0 Å². The highest BCUT2D eigenvalue weighted by Crippen LogP contribution is 2.32. The normalized spacial score (nSPS) is 22.5. The van der Waals surface area contributed by atoms with Crippen molar-refractivity contribution in [3.05, 3.63) is 69.8 Å². The largest absolute Gasteiger partial charge is 0.348 e. The average molecular weight is 446 g/mol. The number of aryl methyl sites for hydroxylation is 4. The monoisotopic (exact) mass is 445 g/mol. The van der Waals surface area contributed by atoms with E-state index in [9.17, 15) is 14.4 Å². The molecule has 1 aliphatic heterocycles. The second kappa shape index (κ2) is 8.32. The van der Waals surface area contributed by atoms with Crippen LogP contribution in [-0.2, 0) is 40.8 Å². The van der Waals surface area contributed by atoms with Gasteiger partial charge in [0.05, 0.1) is 6.04 Å². The summed E-state index contributed by atoms with van der Waals surface area (Å²) in [7, 11) is 0. The number of amides is 4. The van der Waals surface area contributed by atoms with Crippen LogP contribution in [0.5, 0.6) is 0 Å². The molecule has 0 spiro atoms. The highest BCUT2D eigenvalue weighted by molar-refractivity contribution is 6.09. The first-order chi connectivity index (χ1) is 15.8. The second-order valence-electron chi connectivity index (χ2n) is 9.81. The highest BCUT2D eigenvalue weighted by Gasteiger charge is 2.49. The fraction of sp³-hybridized carbons (Fsp3) is 0.444. The molecule has 2 aromatic carbocycles. The summed E-state index contributed by atoms with van der Waals surface area (Å²) >= 11 is 0. The fourth-order valence-electron chi connectivity index (χ4n) is 5.46. The summed E-state index contributed by atoms with van der Waals surface area (Å²) in [5.41, 5.74) is 5.97. The van der Waals surface area contributed by atoms with E-state index in [-0.39, 0.29) is 24.4 Å². The molecule has 0 saturated carbocycles. The van der Waals surface area contributed by atoms with Gasteiger partial charge in [-0.1, -0.05) is 36.4 Å². The lowest BCUT2D eigenvalue weighted by molar-refractivity contribution is -0.135. The van der Waals surface area contributed by atoms with Crippen LogP contribution in [0.3, 0.4) is 0 Å². The van der Waals surface area contributed by atoms with E-state index in [2.05, 4.69) is 34.9 Å². The lowest BCUT2D eigenvalue weighted by Gasteiger charge is -2.23. The maximum absolute atomic E-state index is 13.3. The molecule has 2 unspecified atom stereocenters. The molecule has 172 valence electrons. The van der Waals surface area contributed by atoms with Gasteiger partial charge in [0.1, 0.15) is 12.1 Å². The summed E-state index contributed by atoms with van der Waals surface area (Å²) in [5, 5.41) is 5.78. The Morgan fingerprint density at radius 3 is 2.39 bits per heavy atom. The number of carbonyl (C=O) groups is 3. The number of nitrogens with one attached hydrogen (secondary N) is 2. The standard InChI is InChI=1S/C27H31N3O3/c1-17(20-11-10-18-6-3-4-7-21(18)14-20)28-24(31)16-30-25(32)27(2,29-26(30)33)23-13-12-19-8-5-9-22(19)15-23/h10-15,17H,3-9,16H2,1-2H3,(H,28,31)(H,29,33). The predicted molar refractivity (Wildman–Crippen MR) is 126 cm³/mol. The van der Waals surface area contributed by atoms with E-state index >= 15 is 0 Å². The zero-order chi connectivity index (χ0) is 23.2. The summed E-state index contributed by atoms with van der Waals surface area (Å²) < 4.78 is 0. The Morgan fingerprint density at radius 2 is 1.61 bits per heavy atom. The molecule has 1 saturated heterocycles. The molecule has 1 fully saturated rings. The maximum Gasteiger partial charge on any atom is 0.325 e. The van der Waals surface area contributed by atoms with Crippen molar-refractivity contribution < 1.29 is 14.4 Å². The lowest BCUT2D eigenvalue weighted by atomic mass is 9.89. The molecule has 0 radical (unpaired) electrons. The molecule has 0 aromatic heterocycles. The van der Waals surface area contributed by atoms with Gasteiger partial charge in [-0.15, -0.1) is 0 Å². The minimum absolute atomic E-state index is 0.200. The van der Waals surface area contributed by atoms with Gasteiger partial charge < -0.3 is 10.6 Å². The lowest BCUT2D eigenvalue weighted by Crippen LogP contribution is -2.43. The Morgan fingerprint density at radius 1 is 0.970 bits per heavy atom. The third-order valence-electron chi connectivity index (χ3n) is 7.50. The van der Waals surface area contributed by atoms with Crippen molar-refractivity contribution in [1.29, 1.82) is 0 Å². The minimum atomic E-state index is -1.15. The summed E-state index contributed by atoms with van der Waals surface area (Å²) in [5.74, 6) is -0.732. The van der Waals surface area contributed by atoms with Crippen molar-refractivity contribution in [1.82, 2.24) is 15.5 Å². The van der Waals surface area contributed by atoms with Crippen molar-refractivity contribution in [2.75, 3.05) is 6.54 Å². The predicted octanol–water partition coefficient (Wildman–Crippen LogP) is 3.70. The summed E-state index contributed by atoms with van der Waals surface area (Å²) in [6, 6.07) is 11.7. The van der Waals surface area contributed by atoms with Gasteiger partial charge in [-0.2, -0.15) is 0 Å². The topological polar surface area (TPSA) is 78.5 Å². The Bertz CT molecular complexity index is 1140. The third kappa shape index (κ3) is 3.92. The van der Waals surface area contributed by atoms with Gasteiger partial charge in [-0.3, -0.25) is 14.5 Å². The van der Waals surface area contributed by atoms with Crippen LogP contribution >= 0.6 is 0 Å². The van der Waals surface area contributed by atoms with Crippen LogP contribution in [0, 0.1) is 0 Å². The summed E-state index contributed by atoms with van der Waals surface area (Å²) in [4.78, 5) is 39.7. The van der Waals surface area contributed by atoms with E-state index in [1.165, 1.54) is 35.1 Å². The molecule has 5 rings (SSSR count). The highest BCUT2D eigenvalue weighted by atomic mass is 16.2. The van der Waals surface area contributed by atoms with E-state index in [1.807, 2.05) is 19.1 Å². The zero-order valence-electron chi connectivity index (χ0n) is 19.4. The number of hydrogen-bond donors (Lipinski definition) is 2. The molecule has 2 atom stereocenters. The van der Waals surface area contributed by atoms with Crippen molar-refractivity contribution in [3.8, 4) is 0 Å². The minimum Gasteiger partial charge on any atom is -0.348 e. The van der Waals surface area contributed by atoms with Crippen molar-refractivity contribution in [3.63, 3.8) is 0 Å². The number of fused-ring (bicyclic) bond motifs is 2. The average Bonchev–Trinajstić information content (AvgIpc) is 3.37. The summed E-state index contributed by atoms with van der Waals surface area (Å²) in [6.07, 6.45) is 7.79. The van der Waals surface area contributed by atoms with Gasteiger partial charge in [-0.25, -0.2) is 4.79 Å². The Balaban J connectivity index is 1.27. The number of imide groups is 1. The van der Waals surface area contributed by atoms with Gasteiger partial charge >= 0.3 is 6.03 Å². The van der Waals surface area contributed by atoms with Gasteiger partial charge in [0.2, 0.25) is 5.91 Å². The van der Waals surface area contributed by atoms with E-state index in [1.54, 1.807) is 6.92 Å². The van der Waals surface area contributed by atoms with Gasteiger partial charge in [0.25, 0.3) is 5.91 Å². The molecule has 3 aliphatic rings. The molecular weight excluding hydrogens is 414 g/mol. The molecule has 6 heteroatoms. The second-order valence-corrected chi connectivity index (χ2v) is 9.81. The van der Waals surface area contributed by atoms with Gasteiger partial charge in [0.15, 0.2) is 0 Å². The number of urea groups is 1. The fourth-order valence-corrected chi connectivity index (χ4v) is 5.46. The van der Waals surface area contributed by atoms with Crippen LogP contribution in [0.2, 0.25) is 0 Å². The van der Waals surface area contributed by atoms with E-state index in [4.69, 9.17) is 0 Å². The van der Waals surface area contributed by atoms with Crippen LogP contribution < -0.4 is 10.6 Å². The number of rotatable bonds is 5. The molecule has 1 heterocycles. The van der Waals surface area contributed by atoms with Crippen LogP contribution in [0.25, 0.3) is 0 Å². The molecule has 2 aliphatic carbocycles. The quantitative estimate of drug-likeness (QED) is 0.689.